The fourth-order valence-corrected chi connectivity index (χ4v) is 2.62. The van der Waals surface area contributed by atoms with Gasteiger partial charge in [0.2, 0.25) is 5.75 Å². The summed E-state index contributed by atoms with van der Waals surface area (Å²) in [6.45, 7) is 6.21. The lowest BCUT2D eigenvalue weighted by molar-refractivity contribution is 0.0975. The normalized spacial score (nSPS) is 17.6. The summed E-state index contributed by atoms with van der Waals surface area (Å²) in [5.74, 6) is 0.952. The first-order valence-electron chi connectivity index (χ1n) is 8.45. The van der Waals surface area contributed by atoms with Crippen LogP contribution in [0.1, 0.15) is 5.56 Å². The molecule has 1 aliphatic rings. The lowest BCUT2D eigenvalue weighted by Gasteiger charge is -2.15. The van der Waals surface area contributed by atoms with Gasteiger partial charge in [0.05, 0.1) is 26.4 Å². The Labute approximate surface area is 145 Å². The average Bonchev–Trinajstić information content (AvgIpc) is 2.60. The highest BCUT2D eigenvalue weighted by atomic mass is 16.6. The van der Waals surface area contributed by atoms with E-state index in [0.717, 1.165) is 24.0 Å². The SMILES string of the molecule is Cc1cc(=O)oc2c3c(ccc12)OCCOCCNCCOCCO3. The molecule has 2 aromatic rings. The van der Waals surface area contributed by atoms with Gasteiger partial charge in [-0.25, -0.2) is 4.79 Å². The Balaban J connectivity index is 1.88. The first-order chi connectivity index (χ1) is 12.3. The van der Waals surface area contributed by atoms with E-state index >= 15 is 0 Å². The molecule has 7 nitrogen and oxygen atoms in total. The maximum atomic E-state index is 11.8. The van der Waals surface area contributed by atoms with Gasteiger partial charge in [-0.05, 0) is 24.6 Å². The molecule has 1 N–H and O–H groups in total. The minimum Gasteiger partial charge on any atom is -0.487 e. The molecular formula is C18H23NO6. The molecule has 0 unspecified atom stereocenters. The van der Waals surface area contributed by atoms with Crippen LogP contribution >= 0.6 is 0 Å². The predicted molar refractivity (Wildman–Crippen MR) is 92.7 cm³/mol. The topological polar surface area (TPSA) is 79.2 Å². The Morgan fingerprint density at radius 1 is 0.920 bits per heavy atom. The van der Waals surface area contributed by atoms with E-state index in [1.54, 1.807) is 0 Å². The lowest BCUT2D eigenvalue weighted by atomic mass is 10.1. The third-order valence-corrected chi connectivity index (χ3v) is 3.84. The third kappa shape index (κ3) is 4.72. The van der Waals surface area contributed by atoms with Crippen molar-refractivity contribution in [3.63, 3.8) is 0 Å². The van der Waals surface area contributed by atoms with Gasteiger partial charge in [0.25, 0.3) is 0 Å². The minimum atomic E-state index is -0.413. The van der Waals surface area contributed by atoms with Gasteiger partial charge >= 0.3 is 5.63 Å². The van der Waals surface area contributed by atoms with E-state index < -0.39 is 5.63 Å². The molecule has 0 aliphatic carbocycles. The summed E-state index contributed by atoms with van der Waals surface area (Å²) in [5.41, 5.74) is 0.817. The number of hydrogen-bond acceptors (Lipinski definition) is 7. The molecule has 0 radical (unpaired) electrons. The van der Waals surface area contributed by atoms with Crippen molar-refractivity contribution in [1.82, 2.24) is 5.32 Å². The molecule has 0 amide bonds. The molecule has 1 aromatic carbocycles. The molecule has 25 heavy (non-hydrogen) atoms. The number of rotatable bonds is 0. The summed E-state index contributed by atoms with van der Waals surface area (Å²) in [7, 11) is 0. The van der Waals surface area contributed by atoms with Gasteiger partial charge in [-0.2, -0.15) is 0 Å². The van der Waals surface area contributed by atoms with Crippen molar-refractivity contribution in [2.45, 2.75) is 6.92 Å². The van der Waals surface area contributed by atoms with Crippen molar-refractivity contribution in [2.75, 3.05) is 52.7 Å². The predicted octanol–water partition coefficient (Wildman–Crippen LogP) is 1.50. The second kappa shape index (κ2) is 8.84. The Bertz CT molecular complexity index is 757. The molecule has 2 heterocycles. The first kappa shape index (κ1) is 17.7. The summed E-state index contributed by atoms with van der Waals surface area (Å²) >= 11 is 0. The smallest absolute Gasteiger partial charge is 0.336 e. The molecule has 1 aromatic heterocycles. The zero-order chi connectivity index (χ0) is 17.5. The highest BCUT2D eigenvalue weighted by molar-refractivity contribution is 5.87. The van der Waals surface area contributed by atoms with Gasteiger partial charge in [-0.15, -0.1) is 0 Å². The summed E-state index contributed by atoms with van der Waals surface area (Å²) in [6.07, 6.45) is 0. The van der Waals surface area contributed by atoms with Crippen LogP contribution in [0.5, 0.6) is 11.5 Å². The van der Waals surface area contributed by atoms with E-state index in [1.807, 2.05) is 19.1 Å². The van der Waals surface area contributed by atoms with Crippen molar-refractivity contribution in [1.29, 1.82) is 0 Å². The van der Waals surface area contributed by atoms with Crippen LogP contribution in [0.25, 0.3) is 11.0 Å². The van der Waals surface area contributed by atoms with Gasteiger partial charge in [0.1, 0.15) is 13.2 Å². The van der Waals surface area contributed by atoms with Crippen molar-refractivity contribution in [3.8, 4) is 11.5 Å². The number of hydrogen-bond donors (Lipinski definition) is 1. The molecule has 0 bridgehead atoms. The lowest BCUT2D eigenvalue weighted by Crippen LogP contribution is -2.25. The van der Waals surface area contributed by atoms with Crippen molar-refractivity contribution < 1.29 is 23.4 Å². The molecular weight excluding hydrogens is 326 g/mol. The fraction of sp³-hybridized carbons (Fsp3) is 0.500. The molecule has 0 saturated heterocycles. The van der Waals surface area contributed by atoms with Crippen LogP contribution in [-0.2, 0) is 9.47 Å². The van der Waals surface area contributed by atoms with Crippen LogP contribution in [0.2, 0.25) is 0 Å². The van der Waals surface area contributed by atoms with Crippen LogP contribution in [0.3, 0.4) is 0 Å². The van der Waals surface area contributed by atoms with E-state index in [0.29, 0.717) is 56.7 Å². The summed E-state index contributed by atoms with van der Waals surface area (Å²) in [4.78, 5) is 11.8. The van der Waals surface area contributed by atoms with Crippen LogP contribution in [0.15, 0.2) is 27.4 Å². The summed E-state index contributed by atoms with van der Waals surface area (Å²) in [6, 6.07) is 5.16. The van der Waals surface area contributed by atoms with Crippen LogP contribution in [-0.4, -0.2) is 52.7 Å². The number of aryl methyl sites for hydroxylation is 1. The number of fused-ring (bicyclic) bond motifs is 3. The largest absolute Gasteiger partial charge is 0.487 e. The fourth-order valence-electron chi connectivity index (χ4n) is 2.62. The highest BCUT2D eigenvalue weighted by Gasteiger charge is 2.15. The van der Waals surface area contributed by atoms with Gasteiger partial charge in [-0.3, -0.25) is 0 Å². The van der Waals surface area contributed by atoms with E-state index in [-0.39, 0.29) is 0 Å². The van der Waals surface area contributed by atoms with Crippen LogP contribution in [0, 0.1) is 6.92 Å². The van der Waals surface area contributed by atoms with Gasteiger partial charge in [0, 0.05) is 24.5 Å². The van der Waals surface area contributed by atoms with Crippen molar-refractivity contribution in [3.05, 3.63) is 34.2 Å². The highest BCUT2D eigenvalue weighted by Crippen LogP contribution is 2.36. The number of nitrogens with one attached hydrogen (secondary N) is 1. The molecule has 136 valence electrons. The molecule has 3 rings (SSSR count). The second-order valence-electron chi connectivity index (χ2n) is 5.69. The monoisotopic (exact) mass is 349 g/mol. The summed E-state index contributed by atoms with van der Waals surface area (Å²) < 4.78 is 28.0. The molecule has 0 atom stereocenters. The Hall–Kier alpha value is -2.09. The Morgan fingerprint density at radius 3 is 2.40 bits per heavy atom. The maximum Gasteiger partial charge on any atom is 0.336 e. The van der Waals surface area contributed by atoms with E-state index in [1.165, 1.54) is 6.07 Å². The molecule has 0 spiro atoms. The quantitative estimate of drug-likeness (QED) is 0.722. The zero-order valence-electron chi connectivity index (χ0n) is 14.3. The third-order valence-electron chi connectivity index (χ3n) is 3.84. The second-order valence-corrected chi connectivity index (χ2v) is 5.69. The number of ether oxygens (including phenoxy) is 4. The average molecular weight is 349 g/mol. The number of benzene rings is 1. The van der Waals surface area contributed by atoms with Crippen LogP contribution < -0.4 is 20.4 Å². The Morgan fingerprint density at radius 2 is 1.64 bits per heavy atom. The molecule has 0 saturated carbocycles. The zero-order valence-corrected chi connectivity index (χ0v) is 14.3. The molecule has 0 fully saturated rings. The standard InChI is InChI=1S/C18H23NO6/c1-13-12-16(20)25-17-14(13)2-3-15-18(17)24-11-9-22-7-5-19-4-6-21-8-10-23-15/h2-3,12,19H,4-11H2,1H3. The van der Waals surface area contributed by atoms with Crippen molar-refractivity contribution in [2.24, 2.45) is 0 Å². The molecule has 1 aliphatic heterocycles. The van der Waals surface area contributed by atoms with Crippen LogP contribution in [0.4, 0.5) is 0 Å². The van der Waals surface area contributed by atoms with Gasteiger partial charge in [0.15, 0.2) is 11.3 Å². The first-order valence-corrected chi connectivity index (χ1v) is 8.45. The van der Waals surface area contributed by atoms with Gasteiger partial charge < -0.3 is 28.7 Å². The minimum absolute atomic E-state index is 0.337. The van der Waals surface area contributed by atoms with E-state index in [4.69, 9.17) is 23.4 Å². The van der Waals surface area contributed by atoms with Crippen molar-refractivity contribution >= 4 is 11.0 Å². The summed E-state index contributed by atoms with van der Waals surface area (Å²) in [5, 5.41) is 4.05. The van der Waals surface area contributed by atoms with E-state index in [2.05, 4.69) is 5.32 Å². The van der Waals surface area contributed by atoms with Gasteiger partial charge in [-0.1, -0.05) is 0 Å². The molecule has 7 heteroatoms. The Kier molecular flexibility index (Phi) is 6.27. The maximum absolute atomic E-state index is 11.8. The van der Waals surface area contributed by atoms with E-state index in [9.17, 15) is 4.79 Å².